The molecule has 0 unspecified atom stereocenters. The van der Waals surface area contributed by atoms with E-state index in [0.29, 0.717) is 25.3 Å². The van der Waals surface area contributed by atoms with Crippen LogP contribution in [0.3, 0.4) is 0 Å². The van der Waals surface area contributed by atoms with Crippen LogP contribution in [0.25, 0.3) is 0 Å². The summed E-state index contributed by atoms with van der Waals surface area (Å²) >= 11 is 0. The molecular weight excluding hydrogens is 274 g/mol. The van der Waals surface area contributed by atoms with Gasteiger partial charge in [0.25, 0.3) is 0 Å². The Balaban J connectivity index is 2.17. The number of fused-ring (bicyclic) bond motifs is 1. The molecule has 0 spiro atoms. The summed E-state index contributed by atoms with van der Waals surface area (Å²) in [6.45, 7) is 4.43. The molecule has 6 nitrogen and oxygen atoms in total. The number of hydrogen-bond acceptors (Lipinski definition) is 5. The topological polar surface area (TPSA) is 81.8 Å². The SMILES string of the molecule is CCCCOC1=[N+]([O-])[C@]2(C)[C@@H](CC[C@@H]2[C@H](O)C(=O)OC)C1. The summed E-state index contributed by atoms with van der Waals surface area (Å²) in [4.78, 5) is 11.6. The molecule has 0 aromatic heterocycles. The summed E-state index contributed by atoms with van der Waals surface area (Å²) in [5.41, 5.74) is -0.783. The zero-order valence-electron chi connectivity index (χ0n) is 13.0. The van der Waals surface area contributed by atoms with E-state index in [0.717, 1.165) is 24.0 Å². The molecule has 6 heteroatoms. The van der Waals surface area contributed by atoms with Crippen molar-refractivity contribution in [3.05, 3.63) is 5.21 Å². The molecular formula is C15H25NO5. The molecule has 120 valence electrons. The number of hydrogen-bond donors (Lipinski definition) is 1. The lowest BCUT2D eigenvalue weighted by Gasteiger charge is -2.31. The van der Waals surface area contributed by atoms with E-state index < -0.39 is 23.5 Å². The van der Waals surface area contributed by atoms with Crippen molar-refractivity contribution >= 4 is 11.9 Å². The number of methoxy groups -OCH3 is 1. The Hall–Kier alpha value is -1.30. The van der Waals surface area contributed by atoms with Gasteiger partial charge in [0.2, 0.25) is 0 Å². The lowest BCUT2D eigenvalue weighted by atomic mass is 9.80. The lowest BCUT2D eigenvalue weighted by Crippen LogP contribution is -2.49. The number of rotatable bonds is 5. The monoisotopic (exact) mass is 299 g/mol. The van der Waals surface area contributed by atoms with E-state index in [9.17, 15) is 15.1 Å². The second-order valence-electron chi connectivity index (χ2n) is 6.17. The molecule has 1 heterocycles. The molecule has 1 N–H and O–H groups in total. The Morgan fingerprint density at radius 1 is 1.57 bits per heavy atom. The van der Waals surface area contributed by atoms with Crippen LogP contribution in [-0.2, 0) is 14.3 Å². The van der Waals surface area contributed by atoms with E-state index in [2.05, 4.69) is 11.7 Å². The van der Waals surface area contributed by atoms with Gasteiger partial charge in [-0.2, -0.15) is 4.74 Å². The number of aliphatic hydroxyl groups excluding tert-OH is 1. The molecule has 0 aromatic carbocycles. The summed E-state index contributed by atoms with van der Waals surface area (Å²) in [6, 6.07) is 0. The van der Waals surface area contributed by atoms with Gasteiger partial charge in [0.1, 0.15) is 0 Å². The molecule has 0 aromatic rings. The smallest absolute Gasteiger partial charge is 0.348 e. The number of unbranched alkanes of at least 4 members (excludes halogenated alkanes) is 1. The van der Waals surface area contributed by atoms with Crippen LogP contribution < -0.4 is 0 Å². The summed E-state index contributed by atoms with van der Waals surface area (Å²) in [5, 5.41) is 22.8. The first-order chi connectivity index (χ1) is 9.96. The normalized spacial score (nSPS) is 33.0. The predicted molar refractivity (Wildman–Crippen MR) is 76.8 cm³/mol. The number of nitrogens with zero attached hydrogens (tertiary/aromatic N) is 1. The second-order valence-corrected chi connectivity index (χ2v) is 6.17. The minimum absolute atomic E-state index is 0.121. The molecule has 1 saturated carbocycles. The Morgan fingerprint density at radius 2 is 2.29 bits per heavy atom. The molecule has 0 saturated heterocycles. The Bertz CT molecular complexity index is 436. The first-order valence-corrected chi connectivity index (χ1v) is 7.68. The van der Waals surface area contributed by atoms with Crippen LogP contribution in [0.5, 0.6) is 0 Å². The maximum absolute atomic E-state index is 12.6. The summed E-state index contributed by atoms with van der Waals surface area (Å²) in [6.07, 6.45) is 2.72. The number of hydroxylamine groups is 1. The third-order valence-corrected chi connectivity index (χ3v) is 5.08. The molecule has 2 rings (SSSR count). The van der Waals surface area contributed by atoms with Crippen molar-refractivity contribution in [3.8, 4) is 0 Å². The van der Waals surface area contributed by atoms with E-state index in [1.807, 2.05) is 6.92 Å². The van der Waals surface area contributed by atoms with Crippen LogP contribution in [0.4, 0.5) is 0 Å². The van der Waals surface area contributed by atoms with Gasteiger partial charge in [-0.05, 0) is 19.3 Å². The molecule has 1 aliphatic carbocycles. The minimum Gasteiger partial charge on any atom is -0.621 e. The van der Waals surface area contributed by atoms with Gasteiger partial charge >= 0.3 is 11.9 Å². The van der Waals surface area contributed by atoms with E-state index >= 15 is 0 Å². The van der Waals surface area contributed by atoms with E-state index in [1.165, 1.54) is 7.11 Å². The molecule has 0 amide bonds. The largest absolute Gasteiger partial charge is 0.621 e. The lowest BCUT2D eigenvalue weighted by molar-refractivity contribution is -0.559. The van der Waals surface area contributed by atoms with E-state index in [-0.39, 0.29) is 5.92 Å². The summed E-state index contributed by atoms with van der Waals surface area (Å²) in [7, 11) is 1.25. The third-order valence-electron chi connectivity index (χ3n) is 5.08. The fourth-order valence-corrected chi connectivity index (χ4v) is 3.67. The average molecular weight is 299 g/mol. The quantitative estimate of drug-likeness (QED) is 0.359. The third kappa shape index (κ3) is 2.61. The van der Waals surface area contributed by atoms with E-state index in [4.69, 9.17) is 4.74 Å². The highest BCUT2D eigenvalue weighted by atomic mass is 16.6. The predicted octanol–water partition coefficient (Wildman–Crippen LogP) is 1.43. The van der Waals surface area contributed by atoms with Crippen molar-refractivity contribution in [1.29, 1.82) is 0 Å². The van der Waals surface area contributed by atoms with Gasteiger partial charge in [-0.25, -0.2) is 4.79 Å². The van der Waals surface area contributed by atoms with Crippen molar-refractivity contribution in [2.45, 2.75) is 57.6 Å². The van der Waals surface area contributed by atoms with Crippen LogP contribution in [0, 0.1) is 17.0 Å². The van der Waals surface area contributed by atoms with Crippen LogP contribution in [0.15, 0.2) is 0 Å². The van der Waals surface area contributed by atoms with Crippen molar-refractivity contribution in [2.24, 2.45) is 11.8 Å². The summed E-state index contributed by atoms with van der Waals surface area (Å²) < 4.78 is 11.1. The number of ether oxygens (including phenoxy) is 2. The number of carbonyl (C=O) groups excluding carboxylic acids is 1. The van der Waals surface area contributed by atoms with Gasteiger partial charge in [0.15, 0.2) is 11.6 Å². The van der Waals surface area contributed by atoms with Crippen LogP contribution in [-0.4, -0.2) is 47.1 Å². The van der Waals surface area contributed by atoms with Gasteiger partial charge in [-0.1, -0.05) is 13.3 Å². The van der Waals surface area contributed by atoms with Crippen molar-refractivity contribution in [1.82, 2.24) is 0 Å². The molecule has 4 atom stereocenters. The average Bonchev–Trinajstić information content (AvgIpc) is 2.92. The van der Waals surface area contributed by atoms with Gasteiger partial charge < -0.3 is 19.8 Å². The highest BCUT2D eigenvalue weighted by molar-refractivity contribution is 5.76. The van der Waals surface area contributed by atoms with E-state index in [1.54, 1.807) is 0 Å². The highest BCUT2D eigenvalue weighted by Crippen LogP contribution is 2.49. The summed E-state index contributed by atoms with van der Waals surface area (Å²) in [5.74, 6) is -0.524. The number of aliphatic hydroxyl groups is 1. The second kappa shape index (κ2) is 6.22. The molecule has 2 aliphatic rings. The standard InChI is InChI=1S/C15H25NO5/c1-4-5-8-21-12-9-10-6-7-11(13(17)14(18)20-3)15(10,2)16(12)19/h10-11,13,17H,4-9H2,1-3H3/t10-,11+,13-,15+/m0/s1. The van der Waals surface area contributed by atoms with Crippen molar-refractivity contribution in [3.63, 3.8) is 0 Å². The Morgan fingerprint density at radius 3 is 2.90 bits per heavy atom. The number of carbonyl (C=O) groups is 1. The van der Waals surface area contributed by atoms with Gasteiger partial charge in [-0.3, -0.25) is 0 Å². The highest BCUT2D eigenvalue weighted by Gasteiger charge is 2.62. The first kappa shape index (κ1) is 16.1. The molecule has 0 bridgehead atoms. The maximum atomic E-state index is 12.6. The zero-order valence-corrected chi connectivity index (χ0v) is 13.0. The van der Waals surface area contributed by atoms with Crippen LogP contribution in [0.1, 0.15) is 46.0 Å². The van der Waals surface area contributed by atoms with Gasteiger partial charge in [-0.15, -0.1) is 0 Å². The maximum Gasteiger partial charge on any atom is 0.348 e. The Labute approximate surface area is 125 Å². The fraction of sp³-hybridized carbons (Fsp3) is 0.867. The van der Waals surface area contributed by atoms with Crippen molar-refractivity contribution < 1.29 is 24.1 Å². The molecule has 1 fully saturated rings. The molecule has 21 heavy (non-hydrogen) atoms. The molecule has 0 radical (unpaired) electrons. The van der Waals surface area contributed by atoms with Gasteiger partial charge in [0.05, 0.1) is 26.1 Å². The van der Waals surface area contributed by atoms with Gasteiger partial charge in [0, 0.05) is 12.8 Å². The molecule has 1 aliphatic heterocycles. The van der Waals surface area contributed by atoms with Crippen LogP contribution >= 0.6 is 0 Å². The minimum atomic E-state index is -1.25. The zero-order chi connectivity index (χ0) is 15.6. The van der Waals surface area contributed by atoms with Crippen LogP contribution in [0.2, 0.25) is 0 Å². The first-order valence-electron chi connectivity index (χ1n) is 7.68. The number of esters is 1. The van der Waals surface area contributed by atoms with Crippen molar-refractivity contribution in [2.75, 3.05) is 13.7 Å². The Kier molecular flexibility index (Phi) is 4.76. The fourth-order valence-electron chi connectivity index (χ4n) is 3.67.